The molecule has 0 bridgehead atoms. The third-order valence-corrected chi connectivity index (χ3v) is 13.3. The largest absolute Gasteiger partial charge is 0.500 e. The first-order valence-electron chi connectivity index (χ1n) is 9.00. The molecule has 32 heavy (non-hydrogen) atoms. The fourth-order valence-electron chi connectivity index (χ4n) is 2.61. The van der Waals surface area contributed by atoms with Crippen molar-refractivity contribution in [3.8, 4) is 0 Å². The minimum absolute atomic E-state index is 0.0317. The van der Waals surface area contributed by atoms with Crippen molar-refractivity contribution in [2.75, 3.05) is 55.7 Å². The standard InChI is InChI=1S/C13H30F3N2O10S2Si2/c1-23-31(24-2,25-3)11-7-9-18(10-8-12-32(26-4,27-5)28-6)30(21,22)17-29(19,20)13(14,15)16/h7-12H2,1-6H3/q-1. The molecule has 0 aliphatic carbocycles. The van der Waals surface area contributed by atoms with Gasteiger partial charge < -0.3 is 30.7 Å². The average Bonchev–Trinajstić information content (AvgIpc) is 2.72. The van der Waals surface area contributed by atoms with Crippen molar-refractivity contribution in [1.29, 1.82) is 0 Å². The van der Waals surface area contributed by atoms with E-state index in [2.05, 4.69) is 4.13 Å². The van der Waals surface area contributed by atoms with Crippen LogP contribution in [0.3, 0.4) is 0 Å². The zero-order chi connectivity index (χ0) is 25.3. The minimum Gasteiger partial charge on any atom is -0.415 e. The van der Waals surface area contributed by atoms with E-state index in [0.717, 1.165) is 0 Å². The highest BCUT2D eigenvalue weighted by Gasteiger charge is 2.42. The smallest absolute Gasteiger partial charge is 0.415 e. The normalized spacial score (nSPS) is 14.3. The summed E-state index contributed by atoms with van der Waals surface area (Å²) in [4.78, 5) is 0. The molecule has 0 radical (unpaired) electrons. The fourth-order valence-corrected chi connectivity index (χ4v) is 8.45. The van der Waals surface area contributed by atoms with Crippen molar-refractivity contribution < 1.29 is 56.6 Å². The summed E-state index contributed by atoms with van der Waals surface area (Å²) in [6.45, 7) is -0.739. The maximum absolute atomic E-state index is 12.7. The van der Waals surface area contributed by atoms with Crippen LogP contribution in [-0.4, -0.2) is 100 Å². The van der Waals surface area contributed by atoms with Crippen LogP contribution in [0.1, 0.15) is 12.8 Å². The number of hydrogen-bond acceptors (Lipinski definition) is 10. The van der Waals surface area contributed by atoms with E-state index >= 15 is 0 Å². The van der Waals surface area contributed by atoms with Crippen molar-refractivity contribution in [3.63, 3.8) is 0 Å². The molecule has 0 fully saturated rings. The Morgan fingerprint density at radius 1 is 0.719 bits per heavy atom. The lowest BCUT2D eigenvalue weighted by atomic mass is 10.4. The molecule has 12 nitrogen and oxygen atoms in total. The summed E-state index contributed by atoms with van der Waals surface area (Å²) in [7, 11) is -9.66. The van der Waals surface area contributed by atoms with Crippen molar-refractivity contribution in [2.24, 2.45) is 0 Å². The lowest BCUT2D eigenvalue weighted by molar-refractivity contribution is -0.0425. The van der Waals surface area contributed by atoms with Gasteiger partial charge in [-0.2, -0.15) is 13.2 Å². The van der Waals surface area contributed by atoms with E-state index in [9.17, 15) is 30.0 Å². The Morgan fingerprint density at radius 2 is 1.03 bits per heavy atom. The Kier molecular flexibility index (Phi) is 13.0. The van der Waals surface area contributed by atoms with Crippen molar-refractivity contribution in [1.82, 2.24) is 4.31 Å². The van der Waals surface area contributed by atoms with Gasteiger partial charge in [0, 0.05) is 67.8 Å². The molecule has 0 saturated carbocycles. The molecule has 0 atom stereocenters. The highest BCUT2D eigenvalue weighted by atomic mass is 32.3. The van der Waals surface area contributed by atoms with Crippen LogP contribution in [0.2, 0.25) is 12.1 Å². The minimum atomic E-state index is -6.27. The number of alkyl halides is 3. The van der Waals surface area contributed by atoms with Crippen molar-refractivity contribution >= 4 is 37.8 Å². The van der Waals surface area contributed by atoms with Crippen molar-refractivity contribution in [2.45, 2.75) is 30.4 Å². The summed E-state index contributed by atoms with van der Waals surface area (Å²) in [5, 5.41) is 0. The third kappa shape index (κ3) is 8.87. The third-order valence-electron chi connectivity index (χ3n) is 4.46. The number of hydrogen-bond donors (Lipinski definition) is 0. The van der Waals surface area contributed by atoms with Crippen LogP contribution in [-0.2, 0) is 46.8 Å². The molecule has 194 valence electrons. The van der Waals surface area contributed by atoms with Gasteiger partial charge in [0.1, 0.15) is 10.2 Å². The van der Waals surface area contributed by atoms with E-state index in [1.165, 1.54) is 42.7 Å². The Hall–Kier alpha value is -0.196. The molecule has 0 heterocycles. The van der Waals surface area contributed by atoms with Crippen LogP contribution >= 0.6 is 0 Å². The zero-order valence-electron chi connectivity index (χ0n) is 18.7. The molecule has 0 aliphatic rings. The van der Waals surface area contributed by atoms with Crippen LogP contribution in [0.5, 0.6) is 0 Å². The number of nitrogens with zero attached hydrogens (tertiary/aromatic N) is 2. The van der Waals surface area contributed by atoms with Crippen LogP contribution in [0, 0.1) is 0 Å². The summed E-state index contributed by atoms with van der Waals surface area (Å²) in [6, 6.07) is 0.225. The molecule has 0 aromatic carbocycles. The van der Waals surface area contributed by atoms with E-state index in [1.807, 2.05) is 0 Å². The molecule has 0 spiro atoms. The van der Waals surface area contributed by atoms with E-state index < -0.39 is 43.3 Å². The van der Waals surface area contributed by atoms with Gasteiger partial charge >= 0.3 is 23.1 Å². The molecular formula is C13H30F3N2O10S2Si2-. The first-order chi connectivity index (χ1) is 14.6. The Morgan fingerprint density at radius 3 is 1.28 bits per heavy atom. The summed E-state index contributed by atoms with van der Waals surface area (Å²) >= 11 is 0. The lowest BCUT2D eigenvalue weighted by Crippen LogP contribution is -2.45. The van der Waals surface area contributed by atoms with Gasteiger partial charge in [-0.15, -0.1) is 0 Å². The maximum atomic E-state index is 12.7. The number of sulfonamides is 1. The molecule has 19 heteroatoms. The van der Waals surface area contributed by atoms with Gasteiger partial charge in [-0.25, -0.2) is 21.1 Å². The van der Waals surface area contributed by atoms with Gasteiger partial charge in [-0.05, 0) is 12.8 Å². The Labute approximate surface area is 189 Å². The summed E-state index contributed by atoms with van der Waals surface area (Å²) in [6.07, 6.45) is 0.0634. The van der Waals surface area contributed by atoms with E-state index in [4.69, 9.17) is 26.6 Å². The molecule has 0 N–H and O–H groups in total. The van der Waals surface area contributed by atoms with Gasteiger partial charge in [-0.1, -0.05) is 0 Å². The molecule has 0 aliphatic heterocycles. The van der Waals surface area contributed by atoms with Gasteiger partial charge in [0.05, 0.1) is 0 Å². The Bertz CT molecular complexity index is 720. The van der Waals surface area contributed by atoms with Crippen molar-refractivity contribution in [3.05, 3.63) is 4.13 Å². The van der Waals surface area contributed by atoms with E-state index in [1.54, 1.807) is 0 Å². The van der Waals surface area contributed by atoms with Crippen LogP contribution in [0.15, 0.2) is 0 Å². The van der Waals surface area contributed by atoms with E-state index in [0.29, 0.717) is 4.31 Å². The lowest BCUT2D eigenvalue weighted by Gasteiger charge is -2.32. The molecule has 0 amide bonds. The second-order valence-electron chi connectivity index (χ2n) is 6.17. The van der Waals surface area contributed by atoms with Gasteiger partial charge in [0.2, 0.25) is 0 Å². The quantitative estimate of drug-likeness (QED) is 0.243. The highest BCUT2D eigenvalue weighted by Crippen LogP contribution is 2.31. The molecule has 0 aromatic heterocycles. The number of halogens is 3. The summed E-state index contributed by atoms with van der Waals surface area (Å²) in [5.74, 6) is 0. The fraction of sp³-hybridized carbons (Fsp3) is 1.00. The van der Waals surface area contributed by atoms with Crippen LogP contribution in [0.25, 0.3) is 4.13 Å². The van der Waals surface area contributed by atoms with Gasteiger partial charge in [-0.3, -0.25) is 0 Å². The summed E-state index contributed by atoms with van der Waals surface area (Å²) in [5.41, 5.74) is -5.86. The SMILES string of the molecule is CO[Si](CCCN(CCC[Si](OC)(OC)OC)S(=O)(=O)[N-]S(=O)(=O)C(F)(F)F)(OC)OC. The maximum Gasteiger partial charge on any atom is 0.500 e. The highest BCUT2D eigenvalue weighted by molar-refractivity contribution is 8.11. The van der Waals surface area contributed by atoms with Gasteiger partial charge in [0.15, 0.2) is 10.0 Å². The topological polar surface area (TPSA) is 141 Å². The monoisotopic (exact) mass is 551 g/mol. The molecule has 0 rings (SSSR count). The predicted octanol–water partition coefficient (Wildman–Crippen LogP) is 1.29. The molecular weight excluding hydrogens is 521 g/mol. The second-order valence-corrected chi connectivity index (χ2v) is 15.8. The predicted molar refractivity (Wildman–Crippen MR) is 111 cm³/mol. The average molecular weight is 552 g/mol. The van der Waals surface area contributed by atoms with Crippen LogP contribution < -0.4 is 0 Å². The Balaban J connectivity index is 5.59. The number of rotatable bonds is 17. The van der Waals surface area contributed by atoms with Gasteiger partial charge in [0.25, 0.3) is 0 Å². The zero-order valence-corrected chi connectivity index (χ0v) is 22.3. The first-order valence-corrected chi connectivity index (χ1v) is 15.7. The van der Waals surface area contributed by atoms with E-state index in [-0.39, 0.29) is 38.0 Å². The first kappa shape index (κ1) is 31.8. The summed E-state index contributed by atoms with van der Waals surface area (Å²) < 4.78 is 119. The molecule has 0 aromatic rings. The molecule has 0 unspecified atom stereocenters. The van der Waals surface area contributed by atoms with Crippen LogP contribution in [0.4, 0.5) is 13.2 Å². The second kappa shape index (κ2) is 13.0. The molecule has 0 saturated heterocycles.